The fourth-order valence-corrected chi connectivity index (χ4v) is 6.48. The van der Waals surface area contributed by atoms with E-state index in [9.17, 15) is 5.26 Å². The molecule has 1 saturated heterocycles. The summed E-state index contributed by atoms with van der Waals surface area (Å²) in [5.74, 6) is 2.15. The second kappa shape index (κ2) is 18.0. The lowest BCUT2D eigenvalue weighted by Gasteiger charge is -2.27. The molecule has 0 radical (unpaired) electrons. The van der Waals surface area contributed by atoms with Gasteiger partial charge in [-0.15, -0.1) is 0 Å². The van der Waals surface area contributed by atoms with E-state index in [1.165, 1.54) is 19.3 Å². The van der Waals surface area contributed by atoms with Gasteiger partial charge in [-0.3, -0.25) is 9.88 Å². The predicted octanol–water partition coefficient (Wildman–Crippen LogP) is 7.73. The molecule has 9 heteroatoms. The number of aliphatic hydroxyl groups is 1. The number of nitriles is 1. The first-order chi connectivity index (χ1) is 23.9. The number of likely N-dealkylation sites (tertiary alicyclic amines) is 1. The Kier molecular flexibility index (Phi) is 13.3. The number of halogens is 1. The minimum atomic E-state index is 0.161. The molecule has 0 saturated carbocycles. The van der Waals surface area contributed by atoms with Crippen molar-refractivity contribution in [2.24, 2.45) is 0 Å². The zero-order valence-electron chi connectivity index (χ0n) is 28.9. The molecule has 0 spiro atoms. The van der Waals surface area contributed by atoms with Crippen LogP contribution in [0.4, 0.5) is 0 Å². The van der Waals surface area contributed by atoms with Crippen LogP contribution in [0.5, 0.6) is 17.2 Å². The molecule has 8 nitrogen and oxygen atoms in total. The standard InChI is InChI=1S/C40H47ClN4O4/c1-29-33(10-7-11-35(29)36-12-8-13-38(30(36)2)47-19-9-14-44(3)17-18-46)28-49-40-22-39(48-27-32-20-31(23-42)24-43-25-32)34(21-37(40)41)26-45-15-5-4-6-16-45/h7-8,10-13,20-22,24-25,46H,4-6,9,14-19,26-28H2,1-3H3. The van der Waals surface area contributed by atoms with E-state index in [1.54, 1.807) is 18.5 Å². The minimum Gasteiger partial charge on any atom is -0.493 e. The van der Waals surface area contributed by atoms with Crippen LogP contribution in [0.25, 0.3) is 11.1 Å². The molecule has 0 atom stereocenters. The summed E-state index contributed by atoms with van der Waals surface area (Å²) in [6, 6.07) is 20.3. The highest BCUT2D eigenvalue weighted by molar-refractivity contribution is 6.32. The van der Waals surface area contributed by atoms with Crippen molar-refractivity contribution >= 4 is 11.6 Å². The SMILES string of the molecule is Cc1c(COc2cc(OCc3cncc(C#N)c3)c(CN3CCCCC3)cc2Cl)cccc1-c1cccc(OCCCN(C)CCO)c1C. The number of ether oxygens (including phenoxy) is 3. The maximum Gasteiger partial charge on any atom is 0.142 e. The van der Waals surface area contributed by atoms with E-state index in [0.29, 0.717) is 41.8 Å². The number of nitrogens with zero attached hydrogens (tertiary/aromatic N) is 4. The molecule has 0 amide bonds. The van der Waals surface area contributed by atoms with Gasteiger partial charge in [-0.2, -0.15) is 5.26 Å². The van der Waals surface area contributed by atoms with Gasteiger partial charge in [-0.25, -0.2) is 0 Å². The normalized spacial score (nSPS) is 13.3. The molecule has 1 aliphatic rings. The van der Waals surface area contributed by atoms with Gasteiger partial charge >= 0.3 is 0 Å². The van der Waals surface area contributed by atoms with Gasteiger partial charge in [0.05, 0.1) is 23.8 Å². The number of pyridine rings is 1. The third-order valence-corrected chi connectivity index (χ3v) is 9.40. The van der Waals surface area contributed by atoms with Crippen LogP contribution in [-0.2, 0) is 19.8 Å². The monoisotopic (exact) mass is 682 g/mol. The first-order valence-corrected chi connectivity index (χ1v) is 17.5. The molecule has 0 unspecified atom stereocenters. The molecule has 1 aromatic heterocycles. The van der Waals surface area contributed by atoms with Crippen molar-refractivity contribution in [2.75, 3.05) is 46.4 Å². The molecule has 0 bridgehead atoms. The predicted molar refractivity (Wildman–Crippen MR) is 194 cm³/mol. The molecular weight excluding hydrogens is 636 g/mol. The van der Waals surface area contributed by atoms with E-state index in [1.807, 2.05) is 31.3 Å². The molecule has 49 heavy (non-hydrogen) atoms. The minimum absolute atomic E-state index is 0.161. The number of hydrogen-bond acceptors (Lipinski definition) is 8. The van der Waals surface area contributed by atoms with Crippen LogP contribution in [0.2, 0.25) is 5.02 Å². The number of benzene rings is 3. The maximum atomic E-state index is 9.31. The van der Waals surface area contributed by atoms with Gasteiger partial charge in [-0.1, -0.05) is 48.4 Å². The van der Waals surface area contributed by atoms with Gasteiger partial charge in [-0.05, 0) is 99.3 Å². The molecule has 1 fully saturated rings. The first-order valence-electron chi connectivity index (χ1n) is 17.1. The van der Waals surface area contributed by atoms with Crippen molar-refractivity contribution in [1.82, 2.24) is 14.8 Å². The highest BCUT2D eigenvalue weighted by Gasteiger charge is 2.18. The lowest BCUT2D eigenvalue weighted by Crippen LogP contribution is -2.29. The number of hydrogen-bond donors (Lipinski definition) is 1. The highest BCUT2D eigenvalue weighted by Crippen LogP contribution is 2.37. The van der Waals surface area contributed by atoms with Crippen molar-refractivity contribution in [1.29, 1.82) is 5.26 Å². The van der Waals surface area contributed by atoms with Gasteiger partial charge in [0.2, 0.25) is 0 Å². The third kappa shape index (κ3) is 9.96. The van der Waals surface area contributed by atoms with E-state index >= 15 is 0 Å². The zero-order valence-corrected chi connectivity index (χ0v) is 29.6. The van der Waals surface area contributed by atoms with E-state index in [0.717, 1.165) is 77.3 Å². The van der Waals surface area contributed by atoms with E-state index < -0.39 is 0 Å². The summed E-state index contributed by atoms with van der Waals surface area (Å²) in [6.45, 7) is 10.00. The Bertz CT molecular complexity index is 1730. The van der Waals surface area contributed by atoms with Gasteiger partial charge in [0.15, 0.2) is 0 Å². The maximum absolute atomic E-state index is 9.31. The van der Waals surface area contributed by atoms with Crippen LogP contribution in [0.3, 0.4) is 0 Å². The van der Waals surface area contributed by atoms with Crippen molar-refractivity contribution in [3.8, 4) is 34.4 Å². The molecule has 0 aliphatic carbocycles. The van der Waals surface area contributed by atoms with Crippen LogP contribution >= 0.6 is 11.6 Å². The second-order valence-corrected chi connectivity index (χ2v) is 13.2. The molecule has 4 aromatic rings. The van der Waals surface area contributed by atoms with Crippen molar-refractivity contribution in [2.45, 2.75) is 59.3 Å². The Morgan fingerprint density at radius 2 is 1.61 bits per heavy atom. The van der Waals surface area contributed by atoms with Crippen LogP contribution in [-0.4, -0.2) is 66.3 Å². The van der Waals surface area contributed by atoms with Crippen molar-refractivity contribution in [3.63, 3.8) is 0 Å². The zero-order chi connectivity index (χ0) is 34.6. The summed E-state index contributed by atoms with van der Waals surface area (Å²) in [5.41, 5.74) is 7.88. The summed E-state index contributed by atoms with van der Waals surface area (Å²) in [7, 11) is 2.00. The number of piperidine rings is 1. The average Bonchev–Trinajstić information content (AvgIpc) is 3.11. The lowest BCUT2D eigenvalue weighted by molar-refractivity contribution is 0.207. The van der Waals surface area contributed by atoms with E-state index in [4.69, 9.17) is 30.9 Å². The van der Waals surface area contributed by atoms with E-state index in [2.05, 4.69) is 59.0 Å². The summed E-state index contributed by atoms with van der Waals surface area (Å²) >= 11 is 6.86. The van der Waals surface area contributed by atoms with Crippen LogP contribution in [0, 0.1) is 25.2 Å². The van der Waals surface area contributed by atoms with Crippen molar-refractivity contribution in [3.05, 3.63) is 105 Å². The number of likely N-dealkylation sites (N-methyl/N-ethyl adjacent to an activating group) is 1. The first kappa shape index (κ1) is 36.2. The lowest BCUT2D eigenvalue weighted by atomic mass is 9.93. The molecule has 1 N–H and O–H groups in total. The largest absolute Gasteiger partial charge is 0.493 e. The Labute approximate surface area is 295 Å². The molecule has 1 aliphatic heterocycles. The molecule has 2 heterocycles. The Morgan fingerprint density at radius 1 is 0.857 bits per heavy atom. The van der Waals surface area contributed by atoms with Crippen LogP contribution in [0.1, 0.15) is 59.1 Å². The smallest absolute Gasteiger partial charge is 0.142 e. The van der Waals surface area contributed by atoms with Crippen molar-refractivity contribution < 1.29 is 19.3 Å². The van der Waals surface area contributed by atoms with E-state index in [-0.39, 0.29) is 13.2 Å². The van der Waals surface area contributed by atoms with Gasteiger partial charge < -0.3 is 24.2 Å². The summed E-state index contributed by atoms with van der Waals surface area (Å²) in [6.07, 6.45) is 7.79. The number of aromatic nitrogens is 1. The fourth-order valence-electron chi connectivity index (χ4n) is 6.24. The number of aliphatic hydroxyl groups excluding tert-OH is 1. The molecular formula is C40H47ClN4O4. The molecule has 258 valence electrons. The third-order valence-electron chi connectivity index (χ3n) is 9.10. The highest BCUT2D eigenvalue weighted by atomic mass is 35.5. The number of rotatable bonds is 16. The van der Waals surface area contributed by atoms with Gasteiger partial charge in [0.25, 0.3) is 0 Å². The summed E-state index contributed by atoms with van der Waals surface area (Å²) in [5, 5.41) is 19.0. The topological polar surface area (TPSA) is 91.1 Å². The average molecular weight is 683 g/mol. The second-order valence-electron chi connectivity index (χ2n) is 12.7. The Morgan fingerprint density at radius 3 is 2.39 bits per heavy atom. The van der Waals surface area contributed by atoms with Gasteiger partial charge in [0, 0.05) is 49.2 Å². The summed E-state index contributed by atoms with van der Waals surface area (Å²) < 4.78 is 18.9. The Hall–Kier alpha value is -4.13. The van der Waals surface area contributed by atoms with Crippen LogP contribution in [0.15, 0.2) is 67.0 Å². The summed E-state index contributed by atoms with van der Waals surface area (Å²) in [4.78, 5) is 8.72. The fraction of sp³-hybridized carbons (Fsp3) is 0.400. The quantitative estimate of drug-likeness (QED) is 0.120. The molecule has 3 aromatic carbocycles. The molecule has 5 rings (SSSR count). The van der Waals surface area contributed by atoms with Gasteiger partial charge in [0.1, 0.15) is 36.5 Å². The Balaban J connectivity index is 1.32. The van der Waals surface area contributed by atoms with Crippen LogP contribution < -0.4 is 14.2 Å².